The Morgan fingerprint density at radius 1 is 1.22 bits per heavy atom. The van der Waals surface area contributed by atoms with E-state index in [0.29, 0.717) is 5.92 Å². The van der Waals surface area contributed by atoms with Crippen LogP contribution in [0.4, 0.5) is 0 Å². The summed E-state index contributed by atoms with van der Waals surface area (Å²) in [5.74, 6) is 3.59. The molecule has 3 atom stereocenters. The summed E-state index contributed by atoms with van der Waals surface area (Å²) in [6.07, 6.45) is 10.8. The summed E-state index contributed by atoms with van der Waals surface area (Å²) in [6, 6.07) is 0. The van der Waals surface area contributed by atoms with Crippen molar-refractivity contribution >= 4 is 0 Å². The van der Waals surface area contributed by atoms with Crippen LogP contribution in [-0.4, -0.2) is 16.5 Å². The lowest BCUT2D eigenvalue weighted by atomic mass is 9.88. The summed E-state index contributed by atoms with van der Waals surface area (Å²) in [4.78, 5) is 9.21. The van der Waals surface area contributed by atoms with Crippen LogP contribution in [0, 0.1) is 11.8 Å². The summed E-state index contributed by atoms with van der Waals surface area (Å²) < 4.78 is 0. The van der Waals surface area contributed by atoms with Crippen molar-refractivity contribution in [2.45, 2.75) is 51.5 Å². The first-order valence-corrected chi connectivity index (χ1v) is 7.38. The fourth-order valence-electron chi connectivity index (χ4n) is 3.62. The van der Waals surface area contributed by atoms with Crippen LogP contribution in [0.15, 0.2) is 12.4 Å². The predicted molar refractivity (Wildman–Crippen MR) is 72.2 cm³/mol. The lowest BCUT2D eigenvalue weighted by molar-refractivity contribution is 0.405. The maximum Gasteiger partial charge on any atom is 0.131 e. The highest BCUT2D eigenvalue weighted by molar-refractivity contribution is 5.11. The molecule has 0 aromatic carbocycles. The van der Waals surface area contributed by atoms with Crippen molar-refractivity contribution in [2.75, 3.05) is 6.54 Å². The van der Waals surface area contributed by atoms with Gasteiger partial charge in [0.05, 0.1) is 0 Å². The molecule has 2 bridgehead atoms. The minimum absolute atomic E-state index is 0.654. The van der Waals surface area contributed by atoms with E-state index in [1.165, 1.54) is 37.7 Å². The zero-order chi connectivity index (χ0) is 12.4. The van der Waals surface area contributed by atoms with Gasteiger partial charge in [0.15, 0.2) is 0 Å². The number of fused-ring (bicyclic) bond motifs is 2. The fourth-order valence-corrected chi connectivity index (χ4v) is 3.62. The van der Waals surface area contributed by atoms with E-state index in [4.69, 9.17) is 0 Å². The largest absolute Gasteiger partial charge is 0.313 e. The van der Waals surface area contributed by atoms with Gasteiger partial charge in [0.1, 0.15) is 5.82 Å². The summed E-state index contributed by atoms with van der Waals surface area (Å²) in [5, 5.41) is 3.39. The topological polar surface area (TPSA) is 37.8 Å². The summed E-state index contributed by atoms with van der Waals surface area (Å²) in [7, 11) is 0. The van der Waals surface area contributed by atoms with E-state index >= 15 is 0 Å². The molecule has 2 fully saturated rings. The first-order valence-electron chi connectivity index (χ1n) is 7.38. The van der Waals surface area contributed by atoms with E-state index in [2.05, 4.69) is 22.2 Å². The van der Waals surface area contributed by atoms with E-state index < -0.39 is 0 Å². The minimum atomic E-state index is 0.654. The van der Waals surface area contributed by atoms with Gasteiger partial charge in [-0.25, -0.2) is 9.97 Å². The summed E-state index contributed by atoms with van der Waals surface area (Å²) in [5.41, 5.74) is 1.20. The van der Waals surface area contributed by atoms with E-state index in [0.717, 1.165) is 30.7 Å². The van der Waals surface area contributed by atoms with Crippen LogP contribution in [0.25, 0.3) is 0 Å². The fraction of sp³-hybridized carbons (Fsp3) is 0.733. The van der Waals surface area contributed by atoms with Gasteiger partial charge in [0, 0.05) is 30.4 Å². The Labute approximate surface area is 109 Å². The Hall–Kier alpha value is -0.960. The molecular formula is C15H23N3. The Bertz CT molecular complexity index is 387. The number of nitrogens with one attached hydrogen (secondary N) is 1. The quantitative estimate of drug-likeness (QED) is 0.811. The highest BCUT2D eigenvalue weighted by Crippen LogP contribution is 2.51. The number of nitrogens with zero attached hydrogens (tertiary/aromatic N) is 2. The van der Waals surface area contributed by atoms with Gasteiger partial charge in [-0.05, 0) is 44.1 Å². The van der Waals surface area contributed by atoms with Crippen LogP contribution in [-0.2, 0) is 6.54 Å². The van der Waals surface area contributed by atoms with Crippen molar-refractivity contribution < 1.29 is 0 Å². The zero-order valence-corrected chi connectivity index (χ0v) is 11.2. The van der Waals surface area contributed by atoms with Crippen molar-refractivity contribution in [1.82, 2.24) is 15.3 Å². The Morgan fingerprint density at radius 3 is 2.67 bits per heavy atom. The molecule has 98 valence electrons. The van der Waals surface area contributed by atoms with Crippen LogP contribution in [0.5, 0.6) is 0 Å². The second-order valence-electron chi connectivity index (χ2n) is 5.91. The van der Waals surface area contributed by atoms with Gasteiger partial charge in [0.25, 0.3) is 0 Å². The average molecular weight is 245 g/mol. The Morgan fingerprint density at radius 2 is 2.06 bits per heavy atom. The predicted octanol–water partition coefficient (Wildman–Crippen LogP) is 2.88. The van der Waals surface area contributed by atoms with E-state index in [9.17, 15) is 0 Å². The van der Waals surface area contributed by atoms with E-state index in [1.807, 2.05) is 12.4 Å². The van der Waals surface area contributed by atoms with Gasteiger partial charge >= 0.3 is 0 Å². The maximum atomic E-state index is 4.61. The van der Waals surface area contributed by atoms with Crippen molar-refractivity contribution in [1.29, 1.82) is 0 Å². The molecule has 0 radical (unpaired) electrons. The van der Waals surface area contributed by atoms with Crippen LogP contribution >= 0.6 is 0 Å². The third kappa shape index (κ3) is 2.41. The monoisotopic (exact) mass is 245 g/mol. The lowest BCUT2D eigenvalue weighted by Gasteiger charge is -2.20. The van der Waals surface area contributed by atoms with Crippen LogP contribution in [0.3, 0.4) is 0 Å². The molecule has 1 N–H and O–H groups in total. The molecular weight excluding hydrogens is 222 g/mol. The third-order valence-electron chi connectivity index (χ3n) is 4.55. The second kappa shape index (κ2) is 5.35. The molecule has 1 aromatic heterocycles. The normalized spacial score (nSPS) is 29.9. The Kier molecular flexibility index (Phi) is 3.59. The van der Waals surface area contributed by atoms with Crippen molar-refractivity contribution in [3.63, 3.8) is 0 Å². The number of rotatable bonds is 5. The molecule has 0 amide bonds. The smallest absolute Gasteiger partial charge is 0.131 e. The second-order valence-corrected chi connectivity index (χ2v) is 5.91. The summed E-state index contributed by atoms with van der Waals surface area (Å²) in [6.45, 7) is 4.14. The molecule has 0 spiro atoms. The van der Waals surface area contributed by atoms with Gasteiger partial charge in [0.2, 0.25) is 0 Å². The van der Waals surface area contributed by atoms with Crippen LogP contribution in [0.1, 0.15) is 56.3 Å². The van der Waals surface area contributed by atoms with Gasteiger partial charge in [-0.3, -0.25) is 0 Å². The van der Waals surface area contributed by atoms with Crippen LogP contribution in [0.2, 0.25) is 0 Å². The minimum Gasteiger partial charge on any atom is -0.313 e. The number of aromatic nitrogens is 2. The average Bonchev–Trinajstić information content (AvgIpc) is 3.02. The van der Waals surface area contributed by atoms with Gasteiger partial charge in [-0.15, -0.1) is 0 Å². The van der Waals surface area contributed by atoms with E-state index in [-0.39, 0.29) is 0 Å². The van der Waals surface area contributed by atoms with Crippen molar-refractivity contribution in [3.05, 3.63) is 23.8 Å². The number of hydrogen-bond acceptors (Lipinski definition) is 3. The molecule has 2 aliphatic carbocycles. The highest BCUT2D eigenvalue weighted by Gasteiger charge is 2.41. The maximum absolute atomic E-state index is 4.61. The molecule has 2 aliphatic rings. The SMILES string of the molecule is CCCNCc1cnc(C2CC3CCC2C3)nc1. The Balaban J connectivity index is 1.61. The lowest BCUT2D eigenvalue weighted by Crippen LogP contribution is -2.16. The molecule has 2 saturated carbocycles. The van der Waals surface area contributed by atoms with E-state index in [1.54, 1.807) is 0 Å². The molecule has 3 rings (SSSR count). The molecule has 3 heteroatoms. The standard InChI is InChI=1S/C15H23N3/c1-2-5-16-8-12-9-17-15(18-10-12)14-7-11-3-4-13(14)6-11/h9-11,13-14,16H,2-8H2,1H3. The molecule has 3 unspecified atom stereocenters. The third-order valence-corrected chi connectivity index (χ3v) is 4.55. The molecule has 3 nitrogen and oxygen atoms in total. The molecule has 0 aliphatic heterocycles. The van der Waals surface area contributed by atoms with Crippen LogP contribution < -0.4 is 5.32 Å². The molecule has 0 saturated heterocycles. The van der Waals surface area contributed by atoms with Gasteiger partial charge in [-0.2, -0.15) is 0 Å². The highest BCUT2D eigenvalue weighted by atomic mass is 14.9. The zero-order valence-electron chi connectivity index (χ0n) is 11.2. The molecule has 18 heavy (non-hydrogen) atoms. The number of hydrogen-bond donors (Lipinski definition) is 1. The molecule has 1 aromatic rings. The first kappa shape index (κ1) is 12.1. The van der Waals surface area contributed by atoms with Gasteiger partial charge < -0.3 is 5.32 Å². The van der Waals surface area contributed by atoms with Crippen molar-refractivity contribution in [3.8, 4) is 0 Å². The van der Waals surface area contributed by atoms with Crippen molar-refractivity contribution in [2.24, 2.45) is 11.8 Å². The summed E-state index contributed by atoms with van der Waals surface area (Å²) >= 11 is 0. The van der Waals surface area contributed by atoms with Gasteiger partial charge in [-0.1, -0.05) is 13.3 Å². The first-order chi connectivity index (χ1) is 8.86. The molecule has 1 heterocycles.